The smallest absolute Gasteiger partial charge is 0.410 e. The molecule has 0 aliphatic rings. The van der Waals surface area contributed by atoms with Gasteiger partial charge in [0, 0.05) is 27.2 Å². The van der Waals surface area contributed by atoms with E-state index < -0.39 is 23.8 Å². The third-order valence-electron chi connectivity index (χ3n) is 4.58. The molecule has 0 atom stereocenters. The van der Waals surface area contributed by atoms with Crippen LogP contribution in [0.1, 0.15) is 36.7 Å². The van der Waals surface area contributed by atoms with Crippen LogP contribution >= 0.6 is 0 Å². The molecule has 0 heterocycles. The lowest BCUT2D eigenvalue weighted by Gasteiger charge is -2.26. The van der Waals surface area contributed by atoms with E-state index in [4.69, 9.17) is 14.6 Å². The highest BCUT2D eigenvalue weighted by atomic mass is 16.6. The van der Waals surface area contributed by atoms with Gasteiger partial charge in [-0.15, -0.1) is 0 Å². The molecular formula is C24H30N4O7. The SMILES string of the molecule is CN(CCN(C)C(=O)OC(C)(C)C)C(=O)OCc1ccc(N=Nc2ccc(O)c(C(=O)O)c2)cc1. The minimum atomic E-state index is -1.26. The molecule has 0 bridgehead atoms. The predicted octanol–water partition coefficient (Wildman–Crippen LogP) is 4.94. The van der Waals surface area contributed by atoms with E-state index in [1.54, 1.807) is 59.1 Å². The summed E-state index contributed by atoms with van der Waals surface area (Å²) in [7, 11) is 3.17. The lowest BCUT2D eigenvalue weighted by molar-refractivity contribution is 0.0281. The van der Waals surface area contributed by atoms with E-state index in [0.717, 1.165) is 5.56 Å². The second-order valence-corrected chi connectivity index (χ2v) is 8.75. The number of nitrogens with zero attached hydrogens (tertiary/aromatic N) is 4. The number of carboxylic acids is 1. The first-order valence-electron chi connectivity index (χ1n) is 10.7. The Bertz CT molecular complexity index is 1080. The molecule has 0 fully saturated rings. The summed E-state index contributed by atoms with van der Waals surface area (Å²) in [6.07, 6.45) is -1.00. The van der Waals surface area contributed by atoms with E-state index in [-0.39, 0.29) is 36.7 Å². The van der Waals surface area contributed by atoms with Crippen molar-refractivity contribution in [3.8, 4) is 5.75 Å². The summed E-state index contributed by atoms with van der Waals surface area (Å²) in [5.41, 5.74) is 0.656. The molecule has 2 N–H and O–H groups in total. The predicted molar refractivity (Wildman–Crippen MR) is 127 cm³/mol. The average molecular weight is 487 g/mol. The average Bonchev–Trinajstić information content (AvgIpc) is 2.79. The third-order valence-corrected chi connectivity index (χ3v) is 4.58. The fraction of sp³-hybridized carbons (Fsp3) is 0.375. The Hall–Kier alpha value is -4.15. The zero-order valence-corrected chi connectivity index (χ0v) is 20.4. The van der Waals surface area contributed by atoms with Gasteiger partial charge in [-0.05, 0) is 56.7 Å². The number of carboxylic acid groups (broad SMARTS) is 1. The van der Waals surface area contributed by atoms with Gasteiger partial charge in [0.1, 0.15) is 23.5 Å². The Morgan fingerprint density at radius 3 is 2.00 bits per heavy atom. The van der Waals surface area contributed by atoms with Crippen molar-refractivity contribution in [2.75, 3.05) is 27.2 Å². The zero-order valence-electron chi connectivity index (χ0n) is 20.4. The molecule has 2 aromatic rings. The maximum Gasteiger partial charge on any atom is 0.410 e. The van der Waals surface area contributed by atoms with Crippen LogP contribution in [0.15, 0.2) is 52.7 Å². The van der Waals surface area contributed by atoms with Gasteiger partial charge >= 0.3 is 18.2 Å². The number of ether oxygens (including phenoxy) is 2. The van der Waals surface area contributed by atoms with Crippen molar-refractivity contribution in [3.63, 3.8) is 0 Å². The fourth-order valence-electron chi connectivity index (χ4n) is 2.61. The van der Waals surface area contributed by atoms with Crippen LogP contribution in [0.5, 0.6) is 5.75 Å². The molecule has 11 heteroatoms. The highest BCUT2D eigenvalue weighted by Gasteiger charge is 2.20. The number of rotatable bonds is 8. The zero-order chi connectivity index (χ0) is 26.2. The molecule has 2 rings (SSSR count). The minimum Gasteiger partial charge on any atom is -0.507 e. The van der Waals surface area contributed by atoms with Crippen LogP contribution in [-0.2, 0) is 16.1 Å². The topological polar surface area (TPSA) is 141 Å². The van der Waals surface area contributed by atoms with Gasteiger partial charge in [-0.25, -0.2) is 14.4 Å². The molecule has 0 saturated heterocycles. The van der Waals surface area contributed by atoms with Gasteiger partial charge in [0.15, 0.2) is 0 Å². The molecule has 0 aromatic heterocycles. The number of carbonyl (C=O) groups is 3. The normalized spacial score (nSPS) is 11.2. The maximum atomic E-state index is 12.2. The molecule has 0 aliphatic heterocycles. The summed E-state index contributed by atoms with van der Waals surface area (Å²) in [5.74, 6) is -1.62. The highest BCUT2D eigenvalue weighted by molar-refractivity contribution is 5.91. The van der Waals surface area contributed by atoms with Gasteiger partial charge in [0.25, 0.3) is 0 Å². The quantitative estimate of drug-likeness (QED) is 0.503. The molecule has 2 aromatic carbocycles. The number of amides is 2. The number of benzene rings is 2. The van der Waals surface area contributed by atoms with Crippen LogP contribution in [-0.4, -0.2) is 71.0 Å². The first-order chi connectivity index (χ1) is 16.4. The molecule has 0 radical (unpaired) electrons. The Balaban J connectivity index is 1.83. The van der Waals surface area contributed by atoms with Gasteiger partial charge in [-0.3, -0.25) is 0 Å². The molecule has 35 heavy (non-hydrogen) atoms. The summed E-state index contributed by atoms with van der Waals surface area (Å²) in [6.45, 7) is 5.95. The third kappa shape index (κ3) is 8.95. The Morgan fingerprint density at radius 1 is 0.886 bits per heavy atom. The van der Waals surface area contributed by atoms with Crippen molar-refractivity contribution < 1.29 is 34.1 Å². The van der Waals surface area contributed by atoms with Crippen molar-refractivity contribution in [2.45, 2.75) is 33.0 Å². The number of azo groups is 1. The van der Waals surface area contributed by atoms with Crippen molar-refractivity contribution >= 4 is 29.5 Å². The molecule has 188 valence electrons. The van der Waals surface area contributed by atoms with E-state index >= 15 is 0 Å². The summed E-state index contributed by atoms with van der Waals surface area (Å²) in [4.78, 5) is 38.1. The van der Waals surface area contributed by atoms with E-state index in [1.807, 2.05) is 0 Å². The summed E-state index contributed by atoms with van der Waals surface area (Å²) in [5, 5.41) is 26.6. The second kappa shape index (κ2) is 11.8. The van der Waals surface area contributed by atoms with Crippen LogP contribution in [0.25, 0.3) is 0 Å². The maximum absolute atomic E-state index is 12.2. The van der Waals surface area contributed by atoms with E-state index in [2.05, 4.69) is 10.2 Å². The Kier molecular flexibility index (Phi) is 9.15. The number of hydrogen-bond acceptors (Lipinski definition) is 8. The number of aromatic carboxylic acids is 1. The first-order valence-corrected chi connectivity index (χ1v) is 10.7. The van der Waals surface area contributed by atoms with Crippen molar-refractivity contribution in [3.05, 3.63) is 53.6 Å². The number of aromatic hydroxyl groups is 1. The second-order valence-electron chi connectivity index (χ2n) is 8.75. The van der Waals surface area contributed by atoms with Crippen molar-refractivity contribution in [1.82, 2.24) is 9.80 Å². The lowest BCUT2D eigenvalue weighted by atomic mass is 10.2. The largest absolute Gasteiger partial charge is 0.507 e. The van der Waals surface area contributed by atoms with Crippen molar-refractivity contribution in [1.29, 1.82) is 0 Å². The van der Waals surface area contributed by atoms with Gasteiger partial charge in [0.05, 0.1) is 11.4 Å². The van der Waals surface area contributed by atoms with Gasteiger partial charge in [-0.2, -0.15) is 10.2 Å². The molecule has 11 nitrogen and oxygen atoms in total. The molecule has 0 unspecified atom stereocenters. The van der Waals surface area contributed by atoms with Gasteiger partial charge < -0.3 is 29.5 Å². The number of phenols is 1. The Morgan fingerprint density at radius 2 is 1.43 bits per heavy atom. The molecule has 2 amide bonds. The fourth-order valence-corrected chi connectivity index (χ4v) is 2.61. The van der Waals surface area contributed by atoms with E-state index in [1.165, 1.54) is 28.0 Å². The molecular weight excluding hydrogens is 456 g/mol. The van der Waals surface area contributed by atoms with Crippen LogP contribution < -0.4 is 0 Å². The van der Waals surface area contributed by atoms with Crippen molar-refractivity contribution in [2.24, 2.45) is 10.2 Å². The van der Waals surface area contributed by atoms with Gasteiger partial charge in [0.2, 0.25) is 0 Å². The van der Waals surface area contributed by atoms with E-state index in [0.29, 0.717) is 5.69 Å². The number of likely N-dealkylation sites (N-methyl/N-ethyl adjacent to an activating group) is 2. The summed E-state index contributed by atoms with van der Waals surface area (Å²) < 4.78 is 10.6. The van der Waals surface area contributed by atoms with Crippen LogP contribution in [0.3, 0.4) is 0 Å². The summed E-state index contributed by atoms with van der Waals surface area (Å²) >= 11 is 0. The highest BCUT2D eigenvalue weighted by Crippen LogP contribution is 2.25. The monoisotopic (exact) mass is 486 g/mol. The Labute approximate surface area is 203 Å². The van der Waals surface area contributed by atoms with Crippen LogP contribution in [0, 0.1) is 0 Å². The van der Waals surface area contributed by atoms with Crippen LogP contribution in [0.4, 0.5) is 21.0 Å². The molecule has 0 spiro atoms. The molecule has 0 saturated carbocycles. The minimum absolute atomic E-state index is 0.0441. The lowest BCUT2D eigenvalue weighted by Crippen LogP contribution is -2.40. The van der Waals surface area contributed by atoms with Crippen LogP contribution in [0.2, 0.25) is 0 Å². The van der Waals surface area contributed by atoms with E-state index in [9.17, 15) is 19.5 Å². The standard InChI is InChI=1S/C24H30N4O7/c1-24(2,3)35-23(33)28(5)13-12-27(4)22(32)34-15-16-6-8-17(9-7-16)25-26-18-10-11-20(29)19(14-18)21(30)31/h6-11,14,29H,12-13,15H2,1-5H3,(H,30,31). The molecule has 0 aliphatic carbocycles. The number of hydrogen-bond donors (Lipinski definition) is 2. The first kappa shape index (κ1) is 27.1. The summed E-state index contributed by atoms with van der Waals surface area (Å²) in [6, 6.07) is 10.7. The number of carbonyl (C=O) groups excluding carboxylic acids is 2. The van der Waals surface area contributed by atoms with Gasteiger partial charge in [-0.1, -0.05) is 12.1 Å².